The van der Waals surface area contributed by atoms with Crippen LogP contribution in [0.25, 0.3) is 0 Å². The number of nitrogens with zero attached hydrogens (tertiary/aromatic N) is 4. The predicted molar refractivity (Wildman–Crippen MR) is 177 cm³/mol. The molecule has 3 fully saturated rings. The lowest BCUT2D eigenvalue weighted by Gasteiger charge is -2.38. The summed E-state index contributed by atoms with van der Waals surface area (Å²) in [5.41, 5.74) is 1.10. The standard InChI is InChI=1S/C36H48N4O6/c1-3-5-7-9-23-45-29-15-11-27(12-16-29)39-33(41)25-31(35(39)43)37-19-21-38(22-20-37)32-26-34(42)40(36(32)44)28-13-17-30(18-14-28)46-24-10-8-6-4-2/h11-18,31-32H,3-10,19-26H2,1-2H3/t31-,32+. The molecule has 0 N–H and O–H groups in total. The molecule has 2 aromatic carbocycles. The number of anilines is 2. The molecule has 46 heavy (non-hydrogen) atoms. The van der Waals surface area contributed by atoms with Gasteiger partial charge in [0.25, 0.3) is 11.8 Å². The lowest BCUT2D eigenvalue weighted by atomic mass is 10.1. The van der Waals surface area contributed by atoms with Gasteiger partial charge in [0.1, 0.15) is 11.5 Å². The van der Waals surface area contributed by atoms with Crippen molar-refractivity contribution < 1.29 is 28.7 Å². The quantitative estimate of drug-likeness (QED) is 0.184. The zero-order chi connectivity index (χ0) is 32.5. The van der Waals surface area contributed by atoms with Crippen molar-refractivity contribution in [3.63, 3.8) is 0 Å². The summed E-state index contributed by atoms with van der Waals surface area (Å²) < 4.78 is 11.6. The van der Waals surface area contributed by atoms with E-state index in [0.717, 1.165) is 37.2 Å². The van der Waals surface area contributed by atoms with Crippen LogP contribution in [0.4, 0.5) is 11.4 Å². The van der Waals surface area contributed by atoms with Crippen LogP contribution >= 0.6 is 0 Å². The second kappa shape index (κ2) is 16.2. The van der Waals surface area contributed by atoms with E-state index in [2.05, 4.69) is 13.8 Å². The van der Waals surface area contributed by atoms with Gasteiger partial charge in [0, 0.05) is 26.2 Å². The highest BCUT2D eigenvalue weighted by molar-refractivity contribution is 6.23. The molecule has 2 aromatic rings. The second-order valence-corrected chi connectivity index (χ2v) is 12.5. The Bertz CT molecular complexity index is 1240. The molecule has 2 atom stereocenters. The van der Waals surface area contributed by atoms with Crippen molar-refractivity contribution in [3.8, 4) is 11.5 Å². The average molecular weight is 633 g/mol. The smallest absolute Gasteiger partial charge is 0.251 e. The zero-order valence-corrected chi connectivity index (χ0v) is 27.3. The topological polar surface area (TPSA) is 99.7 Å². The molecule has 0 aromatic heterocycles. The first-order valence-electron chi connectivity index (χ1n) is 17.1. The van der Waals surface area contributed by atoms with Gasteiger partial charge >= 0.3 is 0 Å². The van der Waals surface area contributed by atoms with Crippen LogP contribution < -0.4 is 19.3 Å². The number of unbranched alkanes of at least 4 members (excludes halogenated alkanes) is 6. The Kier molecular flexibility index (Phi) is 11.8. The number of carbonyl (C=O) groups excluding carboxylic acids is 4. The lowest BCUT2D eigenvalue weighted by Crippen LogP contribution is -2.56. The van der Waals surface area contributed by atoms with Crippen LogP contribution in [0.1, 0.15) is 78.1 Å². The van der Waals surface area contributed by atoms with Crippen molar-refractivity contribution in [3.05, 3.63) is 48.5 Å². The lowest BCUT2D eigenvalue weighted by molar-refractivity contribution is -0.126. The maximum atomic E-state index is 13.4. The molecular formula is C36H48N4O6. The van der Waals surface area contributed by atoms with Gasteiger partial charge in [0.15, 0.2) is 0 Å². The Morgan fingerprint density at radius 1 is 0.543 bits per heavy atom. The van der Waals surface area contributed by atoms with Gasteiger partial charge in [0.2, 0.25) is 11.8 Å². The molecule has 4 amide bonds. The van der Waals surface area contributed by atoms with E-state index >= 15 is 0 Å². The fourth-order valence-electron chi connectivity index (χ4n) is 6.53. The van der Waals surface area contributed by atoms with Crippen molar-refractivity contribution in [1.29, 1.82) is 0 Å². The van der Waals surface area contributed by atoms with Crippen molar-refractivity contribution >= 4 is 35.0 Å². The number of imide groups is 2. The summed E-state index contributed by atoms with van der Waals surface area (Å²) in [6.07, 6.45) is 9.27. The van der Waals surface area contributed by atoms with E-state index in [0.29, 0.717) is 50.8 Å². The number of rotatable bonds is 16. The molecular weight excluding hydrogens is 584 g/mol. The Hall–Kier alpha value is -3.76. The maximum Gasteiger partial charge on any atom is 0.251 e. The van der Waals surface area contributed by atoms with E-state index in [-0.39, 0.29) is 36.5 Å². The van der Waals surface area contributed by atoms with E-state index in [1.165, 1.54) is 35.5 Å². The largest absolute Gasteiger partial charge is 0.494 e. The van der Waals surface area contributed by atoms with Gasteiger partial charge < -0.3 is 9.47 Å². The Morgan fingerprint density at radius 2 is 0.913 bits per heavy atom. The molecule has 0 unspecified atom stereocenters. The van der Waals surface area contributed by atoms with Gasteiger partial charge in [-0.3, -0.25) is 29.0 Å². The molecule has 0 aliphatic carbocycles. The van der Waals surface area contributed by atoms with E-state index in [9.17, 15) is 19.2 Å². The molecule has 3 saturated heterocycles. The first kappa shape index (κ1) is 33.6. The molecule has 3 aliphatic rings. The number of amides is 4. The molecule has 10 nitrogen and oxygen atoms in total. The highest BCUT2D eigenvalue weighted by atomic mass is 16.5. The minimum Gasteiger partial charge on any atom is -0.494 e. The van der Waals surface area contributed by atoms with Crippen molar-refractivity contribution in [2.75, 3.05) is 49.2 Å². The van der Waals surface area contributed by atoms with E-state index in [4.69, 9.17) is 9.47 Å². The molecule has 0 spiro atoms. The van der Waals surface area contributed by atoms with Crippen LogP contribution in [0.2, 0.25) is 0 Å². The van der Waals surface area contributed by atoms with Crippen LogP contribution in [-0.4, -0.2) is 84.9 Å². The van der Waals surface area contributed by atoms with E-state index < -0.39 is 12.1 Å². The number of ether oxygens (including phenoxy) is 2. The molecule has 0 saturated carbocycles. The Balaban J connectivity index is 1.11. The van der Waals surface area contributed by atoms with Crippen LogP contribution in [0, 0.1) is 0 Å². The summed E-state index contributed by atoms with van der Waals surface area (Å²) in [5, 5.41) is 0. The van der Waals surface area contributed by atoms with Gasteiger partial charge in [-0.15, -0.1) is 0 Å². The molecule has 3 aliphatic heterocycles. The Morgan fingerprint density at radius 3 is 1.26 bits per heavy atom. The highest BCUT2D eigenvalue weighted by Gasteiger charge is 2.46. The van der Waals surface area contributed by atoms with Gasteiger partial charge in [-0.2, -0.15) is 0 Å². The Labute approximate surface area is 272 Å². The summed E-state index contributed by atoms with van der Waals surface area (Å²) in [6.45, 7) is 7.77. The van der Waals surface area contributed by atoms with E-state index in [1.54, 1.807) is 24.3 Å². The second-order valence-electron chi connectivity index (χ2n) is 12.5. The normalized spacial score (nSPS) is 21.1. The highest BCUT2D eigenvalue weighted by Crippen LogP contribution is 2.31. The number of hydrogen-bond acceptors (Lipinski definition) is 8. The fraction of sp³-hybridized carbons (Fsp3) is 0.556. The monoisotopic (exact) mass is 632 g/mol. The van der Waals surface area contributed by atoms with Gasteiger partial charge in [-0.25, -0.2) is 9.80 Å². The third-order valence-electron chi connectivity index (χ3n) is 9.20. The molecule has 248 valence electrons. The van der Waals surface area contributed by atoms with Crippen LogP contribution in [0.3, 0.4) is 0 Å². The average Bonchev–Trinajstić information content (AvgIpc) is 3.54. The number of hydrogen-bond donors (Lipinski definition) is 0. The van der Waals surface area contributed by atoms with Crippen LogP contribution in [-0.2, 0) is 19.2 Å². The summed E-state index contributed by atoms with van der Waals surface area (Å²) in [6, 6.07) is 13.2. The fourth-order valence-corrected chi connectivity index (χ4v) is 6.53. The summed E-state index contributed by atoms with van der Waals surface area (Å²) in [7, 11) is 0. The first-order chi connectivity index (χ1) is 22.4. The minimum absolute atomic E-state index is 0.127. The zero-order valence-electron chi connectivity index (χ0n) is 27.3. The predicted octanol–water partition coefficient (Wildman–Crippen LogP) is 5.19. The molecule has 5 rings (SSSR count). The summed E-state index contributed by atoms with van der Waals surface area (Å²) in [5.74, 6) is 0.572. The van der Waals surface area contributed by atoms with Crippen molar-refractivity contribution in [2.24, 2.45) is 0 Å². The molecule has 0 bridgehead atoms. The summed E-state index contributed by atoms with van der Waals surface area (Å²) in [4.78, 5) is 59.4. The minimum atomic E-state index is -0.533. The van der Waals surface area contributed by atoms with Crippen LogP contribution in [0.15, 0.2) is 48.5 Å². The van der Waals surface area contributed by atoms with E-state index in [1.807, 2.05) is 34.1 Å². The van der Waals surface area contributed by atoms with Crippen LogP contribution in [0.5, 0.6) is 11.5 Å². The molecule has 0 radical (unpaired) electrons. The van der Waals surface area contributed by atoms with Crippen molar-refractivity contribution in [2.45, 2.75) is 90.1 Å². The van der Waals surface area contributed by atoms with Crippen molar-refractivity contribution in [1.82, 2.24) is 9.80 Å². The SMILES string of the molecule is CCCCCCOc1ccc(N2C(=O)C[C@@H](N3CCN([C@H]4CC(=O)N(c5ccc(OCCCCCC)cc5)C4=O)CC3)C2=O)cc1. The third-order valence-corrected chi connectivity index (χ3v) is 9.20. The summed E-state index contributed by atoms with van der Waals surface area (Å²) >= 11 is 0. The molecule has 3 heterocycles. The number of piperazine rings is 1. The number of carbonyl (C=O) groups is 4. The first-order valence-corrected chi connectivity index (χ1v) is 17.1. The van der Waals surface area contributed by atoms with Gasteiger partial charge in [0.05, 0.1) is 49.5 Å². The third kappa shape index (κ3) is 7.96. The number of benzene rings is 2. The maximum absolute atomic E-state index is 13.4. The molecule has 10 heteroatoms. The van der Waals surface area contributed by atoms with Gasteiger partial charge in [-0.1, -0.05) is 52.4 Å². The van der Waals surface area contributed by atoms with Gasteiger partial charge in [-0.05, 0) is 61.4 Å².